The Hall–Kier alpha value is -3.36. The van der Waals surface area contributed by atoms with Crippen molar-refractivity contribution in [3.63, 3.8) is 0 Å². The number of hydrogen-bond donors (Lipinski definition) is 1. The molecule has 0 saturated carbocycles. The number of carbonyl (C=O) groups excluding carboxylic acids is 3. The smallest absolute Gasteiger partial charge is 0.376 e. The fourth-order valence-electron chi connectivity index (χ4n) is 3.24. The lowest BCUT2D eigenvalue weighted by molar-refractivity contribution is -0.137. The molecule has 0 atom stereocenters. The van der Waals surface area contributed by atoms with Crippen molar-refractivity contribution in [1.82, 2.24) is 4.90 Å². The van der Waals surface area contributed by atoms with E-state index >= 15 is 0 Å². The van der Waals surface area contributed by atoms with Crippen molar-refractivity contribution < 1.29 is 27.6 Å². The van der Waals surface area contributed by atoms with Gasteiger partial charge in [-0.1, -0.05) is 11.6 Å². The number of nitrogens with zero attached hydrogens (tertiary/aromatic N) is 2. The van der Waals surface area contributed by atoms with Crippen LogP contribution in [0.3, 0.4) is 0 Å². The first-order valence-electron chi connectivity index (χ1n) is 9.14. The van der Waals surface area contributed by atoms with Crippen LogP contribution in [0.4, 0.5) is 24.5 Å². The Bertz CT molecular complexity index is 1030. The predicted molar refractivity (Wildman–Crippen MR) is 106 cm³/mol. The van der Waals surface area contributed by atoms with E-state index in [9.17, 15) is 27.6 Å². The molecule has 6 nitrogen and oxygen atoms in total. The second kappa shape index (κ2) is 7.81. The SMILES string of the molecule is Cc1ccc2c(c1)C(=O)N(CCC(=O)Nc1cc(C(F)(F)F)ccc1N(C)C)C2=O. The summed E-state index contributed by atoms with van der Waals surface area (Å²) in [7, 11) is 3.28. The number of carbonyl (C=O) groups is 3. The second-order valence-electron chi connectivity index (χ2n) is 7.23. The number of imide groups is 1. The lowest BCUT2D eigenvalue weighted by Gasteiger charge is -2.20. The van der Waals surface area contributed by atoms with Crippen LogP contribution >= 0.6 is 0 Å². The van der Waals surface area contributed by atoms with Gasteiger partial charge in [-0.3, -0.25) is 19.3 Å². The zero-order valence-electron chi connectivity index (χ0n) is 16.6. The standard InChI is InChI=1S/C21H20F3N3O3/c1-12-4-6-14-15(10-12)20(30)27(19(14)29)9-8-18(28)25-16-11-13(21(22,23)24)5-7-17(16)26(2)3/h4-7,10-11H,8-9H2,1-3H3,(H,25,28). The van der Waals surface area contributed by atoms with E-state index in [2.05, 4.69) is 5.32 Å². The Morgan fingerprint density at radius 3 is 2.33 bits per heavy atom. The van der Waals surface area contributed by atoms with E-state index in [0.717, 1.165) is 22.6 Å². The summed E-state index contributed by atoms with van der Waals surface area (Å²) >= 11 is 0. The molecular formula is C21H20F3N3O3. The normalized spacial score (nSPS) is 13.5. The van der Waals surface area contributed by atoms with Gasteiger partial charge in [0.25, 0.3) is 11.8 Å². The first-order valence-corrected chi connectivity index (χ1v) is 9.14. The summed E-state index contributed by atoms with van der Waals surface area (Å²) in [4.78, 5) is 39.8. The topological polar surface area (TPSA) is 69.7 Å². The minimum atomic E-state index is -4.55. The molecule has 3 amide bonds. The molecule has 2 aromatic rings. The molecule has 1 aliphatic rings. The molecule has 1 aliphatic heterocycles. The van der Waals surface area contributed by atoms with Gasteiger partial charge in [0, 0.05) is 27.1 Å². The molecule has 3 rings (SSSR count). The average molecular weight is 419 g/mol. The quantitative estimate of drug-likeness (QED) is 0.751. The Labute approximate surface area is 171 Å². The Morgan fingerprint density at radius 1 is 1.03 bits per heavy atom. The highest BCUT2D eigenvalue weighted by atomic mass is 19.4. The summed E-state index contributed by atoms with van der Waals surface area (Å²) in [5.74, 6) is -1.58. The summed E-state index contributed by atoms with van der Waals surface area (Å²) < 4.78 is 39.1. The van der Waals surface area contributed by atoms with E-state index < -0.39 is 29.5 Å². The van der Waals surface area contributed by atoms with Gasteiger partial charge >= 0.3 is 6.18 Å². The molecule has 0 spiro atoms. The molecule has 0 saturated heterocycles. The number of hydrogen-bond acceptors (Lipinski definition) is 4. The van der Waals surface area contributed by atoms with Gasteiger partial charge in [0.1, 0.15) is 0 Å². The van der Waals surface area contributed by atoms with Gasteiger partial charge in [-0.05, 0) is 37.3 Å². The maximum atomic E-state index is 13.0. The number of amides is 3. The van der Waals surface area contributed by atoms with Crippen LogP contribution in [0.2, 0.25) is 0 Å². The van der Waals surface area contributed by atoms with Gasteiger partial charge in [0.05, 0.1) is 28.1 Å². The third-order valence-corrected chi connectivity index (χ3v) is 4.77. The molecule has 1 N–H and O–H groups in total. The number of nitrogens with one attached hydrogen (secondary N) is 1. The van der Waals surface area contributed by atoms with E-state index in [1.807, 2.05) is 0 Å². The minimum absolute atomic E-state index is 0.00203. The van der Waals surface area contributed by atoms with E-state index in [-0.39, 0.29) is 29.8 Å². The zero-order valence-corrected chi connectivity index (χ0v) is 16.6. The molecule has 158 valence electrons. The molecule has 0 aliphatic carbocycles. The Kier molecular flexibility index (Phi) is 5.56. The summed E-state index contributed by atoms with van der Waals surface area (Å²) in [6.45, 7) is 1.62. The van der Waals surface area contributed by atoms with Gasteiger partial charge < -0.3 is 10.2 Å². The second-order valence-corrected chi connectivity index (χ2v) is 7.23. The highest BCUT2D eigenvalue weighted by molar-refractivity contribution is 6.21. The third kappa shape index (κ3) is 4.14. The molecule has 9 heteroatoms. The summed E-state index contributed by atoms with van der Waals surface area (Å²) in [6, 6.07) is 7.96. The van der Waals surface area contributed by atoms with Gasteiger partial charge in [0.15, 0.2) is 0 Å². The van der Waals surface area contributed by atoms with Crippen LogP contribution in [0.15, 0.2) is 36.4 Å². The highest BCUT2D eigenvalue weighted by Crippen LogP contribution is 2.35. The molecule has 0 radical (unpaired) electrons. The zero-order chi connectivity index (χ0) is 22.2. The van der Waals surface area contributed by atoms with E-state index in [1.165, 1.54) is 6.07 Å². The molecule has 0 bridgehead atoms. The van der Waals surface area contributed by atoms with Gasteiger partial charge in [-0.2, -0.15) is 13.2 Å². The molecule has 0 unspecified atom stereocenters. The Balaban J connectivity index is 1.72. The molecule has 2 aromatic carbocycles. The number of benzene rings is 2. The number of aryl methyl sites for hydroxylation is 1. The van der Waals surface area contributed by atoms with Crippen molar-refractivity contribution in [3.8, 4) is 0 Å². The van der Waals surface area contributed by atoms with E-state index in [1.54, 1.807) is 44.1 Å². The lowest BCUT2D eigenvalue weighted by atomic mass is 10.1. The van der Waals surface area contributed by atoms with E-state index in [0.29, 0.717) is 5.69 Å². The van der Waals surface area contributed by atoms with Crippen LogP contribution in [0.25, 0.3) is 0 Å². The Morgan fingerprint density at radius 2 is 1.70 bits per heavy atom. The van der Waals surface area contributed by atoms with Crippen LogP contribution in [0.1, 0.15) is 38.3 Å². The van der Waals surface area contributed by atoms with Crippen molar-refractivity contribution in [1.29, 1.82) is 0 Å². The number of fused-ring (bicyclic) bond motifs is 1. The van der Waals surface area contributed by atoms with Crippen molar-refractivity contribution >= 4 is 29.1 Å². The molecular weight excluding hydrogens is 399 g/mol. The molecule has 1 heterocycles. The summed E-state index contributed by atoms with van der Waals surface area (Å²) in [5.41, 5.74) is 0.895. The van der Waals surface area contributed by atoms with Crippen LogP contribution in [0.5, 0.6) is 0 Å². The number of anilines is 2. The van der Waals surface area contributed by atoms with Gasteiger partial charge in [0.2, 0.25) is 5.91 Å². The third-order valence-electron chi connectivity index (χ3n) is 4.77. The van der Waals surface area contributed by atoms with Crippen molar-refractivity contribution in [3.05, 3.63) is 58.7 Å². The number of alkyl halides is 3. The summed E-state index contributed by atoms with van der Waals surface area (Å²) in [6.07, 6.45) is -4.80. The monoisotopic (exact) mass is 419 g/mol. The van der Waals surface area contributed by atoms with Crippen LogP contribution in [-0.2, 0) is 11.0 Å². The minimum Gasteiger partial charge on any atom is -0.376 e. The summed E-state index contributed by atoms with van der Waals surface area (Å²) in [5, 5.41) is 2.46. The largest absolute Gasteiger partial charge is 0.416 e. The first-order chi connectivity index (χ1) is 14.0. The molecule has 0 aromatic heterocycles. The van der Waals surface area contributed by atoms with Gasteiger partial charge in [-0.15, -0.1) is 0 Å². The fraction of sp³-hybridized carbons (Fsp3) is 0.286. The molecule has 30 heavy (non-hydrogen) atoms. The average Bonchev–Trinajstić information content (AvgIpc) is 2.89. The van der Waals surface area contributed by atoms with Crippen molar-refractivity contribution in [2.24, 2.45) is 0 Å². The number of rotatable bonds is 5. The van der Waals surface area contributed by atoms with Crippen LogP contribution < -0.4 is 10.2 Å². The van der Waals surface area contributed by atoms with Crippen molar-refractivity contribution in [2.45, 2.75) is 19.5 Å². The highest BCUT2D eigenvalue weighted by Gasteiger charge is 2.35. The number of halogens is 3. The van der Waals surface area contributed by atoms with Crippen LogP contribution in [-0.4, -0.2) is 43.3 Å². The predicted octanol–water partition coefficient (Wildman–Crippen LogP) is 3.70. The first kappa shape index (κ1) is 21.4. The molecule has 0 fully saturated rings. The van der Waals surface area contributed by atoms with Crippen molar-refractivity contribution in [2.75, 3.05) is 30.9 Å². The maximum Gasteiger partial charge on any atom is 0.416 e. The lowest BCUT2D eigenvalue weighted by Crippen LogP contribution is -2.33. The fourth-order valence-corrected chi connectivity index (χ4v) is 3.24. The van der Waals surface area contributed by atoms with Gasteiger partial charge in [-0.25, -0.2) is 0 Å². The van der Waals surface area contributed by atoms with Crippen LogP contribution in [0, 0.1) is 6.92 Å². The van der Waals surface area contributed by atoms with E-state index in [4.69, 9.17) is 0 Å². The maximum absolute atomic E-state index is 13.0.